The number of rotatable bonds is 2. The zero-order valence-electron chi connectivity index (χ0n) is 9.97. The Bertz CT molecular complexity index is 507. The van der Waals surface area contributed by atoms with E-state index in [1.165, 1.54) is 23.0 Å². The van der Waals surface area contributed by atoms with Gasteiger partial charge in [-0.25, -0.2) is 9.59 Å². The highest BCUT2D eigenvalue weighted by Crippen LogP contribution is 2.23. The van der Waals surface area contributed by atoms with Crippen LogP contribution in [0.3, 0.4) is 0 Å². The molecule has 2 N–H and O–H groups in total. The minimum absolute atomic E-state index is 0.136. The van der Waals surface area contributed by atoms with Gasteiger partial charge in [0.15, 0.2) is 0 Å². The minimum Gasteiger partial charge on any atom is -0.478 e. The van der Waals surface area contributed by atoms with Crippen LogP contribution in [0.2, 0.25) is 0 Å². The molecule has 1 aromatic rings. The molecule has 0 radical (unpaired) electrons. The molecule has 0 fully saturated rings. The molecule has 1 aliphatic rings. The second-order valence-electron chi connectivity index (χ2n) is 4.15. The van der Waals surface area contributed by atoms with Gasteiger partial charge >= 0.3 is 12.0 Å². The molecule has 2 heterocycles. The molecule has 0 bridgehead atoms. The Morgan fingerprint density at radius 3 is 2.89 bits per heavy atom. The van der Waals surface area contributed by atoms with Crippen molar-refractivity contribution in [2.24, 2.45) is 0 Å². The van der Waals surface area contributed by atoms with Crippen LogP contribution >= 0.6 is 11.3 Å². The average molecular weight is 266 g/mol. The number of carbonyl (C=O) groups excluding carboxylic acids is 1. The van der Waals surface area contributed by atoms with E-state index in [1.807, 2.05) is 13.0 Å². The van der Waals surface area contributed by atoms with Crippen molar-refractivity contribution in [3.05, 3.63) is 28.7 Å². The Balaban J connectivity index is 2.03. The summed E-state index contributed by atoms with van der Waals surface area (Å²) in [5.74, 6) is -1.03. The van der Waals surface area contributed by atoms with E-state index >= 15 is 0 Å². The molecule has 0 aliphatic carbocycles. The topological polar surface area (TPSA) is 69.6 Å². The number of nitrogens with zero attached hydrogens (tertiary/aromatic N) is 1. The number of thiophene rings is 1. The highest BCUT2D eigenvalue weighted by Gasteiger charge is 2.19. The fourth-order valence-electron chi connectivity index (χ4n) is 1.71. The van der Waals surface area contributed by atoms with Crippen LogP contribution in [0.15, 0.2) is 23.1 Å². The molecular weight excluding hydrogens is 252 g/mol. The van der Waals surface area contributed by atoms with Crippen molar-refractivity contribution in [3.63, 3.8) is 0 Å². The first-order chi connectivity index (χ1) is 8.58. The molecule has 0 atom stereocenters. The first-order valence-electron chi connectivity index (χ1n) is 5.60. The van der Waals surface area contributed by atoms with Crippen molar-refractivity contribution < 1.29 is 14.7 Å². The number of carbonyl (C=O) groups is 2. The lowest BCUT2D eigenvalue weighted by atomic mass is 10.1. The van der Waals surface area contributed by atoms with Gasteiger partial charge in [0.2, 0.25) is 0 Å². The summed E-state index contributed by atoms with van der Waals surface area (Å²) in [6, 6.07) is 1.24. The summed E-state index contributed by atoms with van der Waals surface area (Å²) in [5, 5.41) is 13.6. The number of carboxylic acid groups (broad SMARTS) is 1. The molecule has 1 aromatic heterocycles. The first-order valence-corrected chi connectivity index (χ1v) is 6.48. The van der Waals surface area contributed by atoms with E-state index in [-0.39, 0.29) is 11.6 Å². The quantitative estimate of drug-likeness (QED) is 0.808. The maximum Gasteiger partial charge on any atom is 0.338 e. The second-order valence-corrected chi connectivity index (χ2v) is 5.06. The van der Waals surface area contributed by atoms with Gasteiger partial charge in [-0.1, -0.05) is 11.6 Å². The molecule has 6 heteroatoms. The predicted molar refractivity (Wildman–Crippen MR) is 70.2 cm³/mol. The number of amides is 2. The van der Waals surface area contributed by atoms with Crippen LogP contribution in [0.4, 0.5) is 9.80 Å². The average Bonchev–Trinajstić information content (AvgIpc) is 2.78. The van der Waals surface area contributed by atoms with Crippen LogP contribution in [-0.4, -0.2) is 35.1 Å². The Labute approximate surface area is 109 Å². The molecule has 0 saturated carbocycles. The fourth-order valence-corrected chi connectivity index (χ4v) is 2.47. The van der Waals surface area contributed by atoms with E-state index in [0.29, 0.717) is 18.1 Å². The molecule has 5 nitrogen and oxygen atoms in total. The normalized spacial score (nSPS) is 15.2. The summed E-state index contributed by atoms with van der Waals surface area (Å²) >= 11 is 1.22. The third-order valence-electron chi connectivity index (χ3n) is 2.84. The van der Waals surface area contributed by atoms with Crippen LogP contribution in [0, 0.1) is 0 Å². The van der Waals surface area contributed by atoms with E-state index in [0.717, 1.165) is 6.42 Å². The maximum atomic E-state index is 11.9. The Morgan fingerprint density at radius 2 is 2.28 bits per heavy atom. The lowest BCUT2D eigenvalue weighted by Crippen LogP contribution is -2.37. The van der Waals surface area contributed by atoms with E-state index in [4.69, 9.17) is 5.11 Å². The highest BCUT2D eigenvalue weighted by molar-refractivity contribution is 7.14. The molecular formula is C12H14N2O3S. The van der Waals surface area contributed by atoms with Crippen molar-refractivity contribution in [1.29, 1.82) is 0 Å². The molecule has 1 aliphatic heterocycles. The summed E-state index contributed by atoms with van der Waals surface area (Å²) in [4.78, 5) is 24.5. The van der Waals surface area contributed by atoms with Crippen LogP contribution < -0.4 is 5.32 Å². The van der Waals surface area contributed by atoms with Crippen molar-refractivity contribution in [1.82, 2.24) is 4.90 Å². The van der Waals surface area contributed by atoms with Crippen molar-refractivity contribution in [2.45, 2.75) is 13.3 Å². The molecule has 0 aromatic carbocycles. The number of anilines is 1. The van der Waals surface area contributed by atoms with Gasteiger partial charge in [-0.15, -0.1) is 11.3 Å². The molecule has 2 amide bonds. The zero-order valence-corrected chi connectivity index (χ0v) is 10.8. The van der Waals surface area contributed by atoms with E-state index in [1.54, 1.807) is 10.3 Å². The Hall–Kier alpha value is -1.82. The summed E-state index contributed by atoms with van der Waals surface area (Å²) in [7, 11) is 0. The molecule has 0 spiro atoms. The number of nitrogens with one attached hydrogen (secondary N) is 1. The zero-order chi connectivity index (χ0) is 13.1. The number of urea groups is 1. The summed E-state index contributed by atoms with van der Waals surface area (Å²) < 4.78 is 0. The molecule has 0 saturated heterocycles. The number of carboxylic acids is 1. The fraction of sp³-hybridized carbons (Fsp3) is 0.333. The first kappa shape index (κ1) is 12.6. The molecule has 18 heavy (non-hydrogen) atoms. The predicted octanol–water partition coefficient (Wildman–Crippen LogP) is 2.63. The van der Waals surface area contributed by atoms with Gasteiger partial charge in [0.05, 0.1) is 5.56 Å². The van der Waals surface area contributed by atoms with Crippen molar-refractivity contribution >= 4 is 28.3 Å². The van der Waals surface area contributed by atoms with Gasteiger partial charge in [0, 0.05) is 13.1 Å². The number of aromatic carboxylic acids is 1. The van der Waals surface area contributed by atoms with Crippen LogP contribution in [-0.2, 0) is 0 Å². The van der Waals surface area contributed by atoms with E-state index < -0.39 is 5.97 Å². The SMILES string of the molecule is CC1=CCN(C(=O)Nc2sccc2C(=O)O)CC1. The van der Waals surface area contributed by atoms with Gasteiger partial charge in [-0.05, 0) is 24.8 Å². The monoisotopic (exact) mass is 266 g/mol. The number of hydrogen-bond donors (Lipinski definition) is 2. The molecule has 0 unspecified atom stereocenters. The van der Waals surface area contributed by atoms with E-state index in [2.05, 4.69) is 5.32 Å². The third kappa shape index (κ3) is 2.70. The van der Waals surface area contributed by atoms with Crippen molar-refractivity contribution in [2.75, 3.05) is 18.4 Å². The van der Waals surface area contributed by atoms with Gasteiger partial charge in [-0.3, -0.25) is 5.32 Å². The van der Waals surface area contributed by atoms with Gasteiger partial charge < -0.3 is 10.0 Å². The van der Waals surface area contributed by atoms with Crippen LogP contribution in [0.25, 0.3) is 0 Å². The van der Waals surface area contributed by atoms with E-state index in [9.17, 15) is 9.59 Å². The van der Waals surface area contributed by atoms with Crippen molar-refractivity contribution in [3.8, 4) is 0 Å². The summed E-state index contributed by atoms with van der Waals surface area (Å²) in [6.07, 6.45) is 2.87. The lowest BCUT2D eigenvalue weighted by molar-refractivity contribution is 0.0698. The van der Waals surface area contributed by atoms with Crippen LogP contribution in [0.5, 0.6) is 0 Å². The lowest BCUT2D eigenvalue weighted by Gasteiger charge is -2.25. The molecule has 2 rings (SSSR count). The number of hydrogen-bond acceptors (Lipinski definition) is 3. The van der Waals surface area contributed by atoms with Crippen LogP contribution in [0.1, 0.15) is 23.7 Å². The molecule has 96 valence electrons. The van der Waals surface area contributed by atoms with Gasteiger partial charge in [0.25, 0.3) is 0 Å². The Morgan fingerprint density at radius 1 is 1.50 bits per heavy atom. The summed E-state index contributed by atoms with van der Waals surface area (Å²) in [6.45, 7) is 3.28. The highest BCUT2D eigenvalue weighted by atomic mass is 32.1. The summed E-state index contributed by atoms with van der Waals surface area (Å²) in [5.41, 5.74) is 1.42. The largest absolute Gasteiger partial charge is 0.478 e. The maximum absolute atomic E-state index is 11.9. The smallest absolute Gasteiger partial charge is 0.338 e. The minimum atomic E-state index is -1.03. The Kier molecular flexibility index (Phi) is 3.66. The third-order valence-corrected chi connectivity index (χ3v) is 3.67. The standard InChI is InChI=1S/C12H14N2O3S/c1-8-2-5-14(6-3-8)12(17)13-10-9(11(15)16)4-7-18-10/h2,4,7H,3,5-6H2,1H3,(H,13,17)(H,15,16). The second kappa shape index (κ2) is 5.22. The van der Waals surface area contributed by atoms with Gasteiger partial charge in [-0.2, -0.15) is 0 Å². The van der Waals surface area contributed by atoms with Gasteiger partial charge in [0.1, 0.15) is 5.00 Å².